The number of benzene rings is 1. The van der Waals surface area contributed by atoms with E-state index in [2.05, 4.69) is 0 Å². The molecular weight excluding hydrogens is 225 g/mol. The molecule has 1 N–H and O–H groups in total. The molecule has 0 aliphatic heterocycles. The van der Waals surface area contributed by atoms with Gasteiger partial charge in [0.25, 0.3) is 0 Å². The summed E-state index contributed by atoms with van der Waals surface area (Å²) in [6.07, 6.45) is -0.178. The highest BCUT2D eigenvalue weighted by atomic mass is 32.2. The molecule has 0 aliphatic rings. The molecule has 0 bridgehead atoms. The van der Waals surface area contributed by atoms with Crippen molar-refractivity contribution >= 4 is 11.8 Å². The van der Waals surface area contributed by atoms with Crippen LogP contribution in [0.5, 0.6) is 0 Å². The number of thioether (sulfide) groups is 1. The maximum absolute atomic E-state index is 12.0. The van der Waals surface area contributed by atoms with Crippen molar-refractivity contribution < 1.29 is 18.3 Å². The van der Waals surface area contributed by atoms with E-state index < -0.39 is 11.6 Å². The third-order valence-corrected chi connectivity index (χ3v) is 2.38. The highest BCUT2D eigenvalue weighted by Gasteiger charge is 2.29. The van der Waals surface area contributed by atoms with Crippen molar-refractivity contribution in [2.45, 2.75) is 29.9 Å². The van der Waals surface area contributed by atoms with E-state index in [4.69, 9.17) is 5.11 Å². The second-order valence-electron chi connectivity index (χ2n) is 3.25. The molecule has 1 aromatic rings. The predicted octanol–water partition coefficient (Wildman–Crippen LogP) is 3.22. The first-order valence-corrected chi connectivity index (χ1v) is 5.21. The average Bonchev–Trinajstić information content (AvgIpc) is 1.99. The first-order valence-electron chi connectivity index (χ1n) is 4.39. The zero-order chi connectivity index (χ0) is 11.5. The molecule has 1 rings (SSSR count). The summed E-state index contributed by atoms with van der Waals surface area (Å²) in [5.41, 5.74) is -3.55. The summed E-state index contributed by atoms with van der Waals surface area (Å²) >= 11 is -0.140. The third-order valence-electron chi connectivity index (χ3n) is 1.66. The lowest BCUT2D eigenvalue weighted by Gasteiger charge is -2.08. The molecular formula is C10H11F3OS. The molecule has 0 aliphatic carbocycles. The number of hydrogen-bond donors (Lipinski definition) is 1. The van der Waals surface area contributed by atoms with Gasteiger partial charge >= 0.3 is 5.51 Å². The lowest BCUT2D eigenvalue weighted by molar-refractivity contribution is -0.0328. The SMILES string of the molecule is CC(O)Cc1cccc(SC(F)(F)F)c1. The van der Waals surface area contributed by atoms with Crippen LogP contribution in [-0.4, -0.2) is 16.7 Å². The number of aliphatic hydroxyl groups excluding tert-OH is 1. The largest absolute Gasteiger partial charge is 0.446 e. The Kier molecular flexibility index (Phi) is 4.04. The summed E-state index contributed by atoms with van der Waals surface area (Å²) in [5, 5.41) is 9.10. The van der Waals surface area contributed by atoms with Gasteiger partial charge < -0.3 is 5.11 Å². The first kappa shape index (κ1) is 12.4. The van der Waals surface area contributed by atoms with Gasteiger partial charge in [-0.3, -0.25) is 0 Å². The Morgan fingerprint density at radius 2 is 2.07 bits per heavy atom. The zero-order valence-electron chi connectivity index (χ0n) is 8.08. The van der Waals surface area contributed by atoms with Gasteiger partial charge in [0.1, 0.15) is 0 Å². The van der Waals surface area contributed by atoms with E-state index in [0.717, 1.165) is 0 Å². The molecule has 5 heteroatoms. The van der Waals surface area contributed by atoms with Crippen LogP contribution < -0.4 is 0 Å². The Balaban J connectivity index is 2.74. The standard InChI is InChI=1S/C10H11F3OS/c1-7(14)5-8-3-2-4-9(6-8)15-10(11,12)13/h2-4,6-7,14H,5H2,1H3. The summed E-state index contributed by atoms with van der Waals surface area (Å²) < 4.78 is 36.1. The monoisotopic (exact) mass is 236 g/mol. The fourth-order valence-corrected chi connectivity index (χ4v) is 1.83. The molecule has 1 aromatic carbocycles. The average molecular weight is 236 g/mol. The van der Waals surface area contributed by atoms with Crippen LogP contribution in [0, 0.1) is 0 Å². The minimum atomic E-state index is -4.26. The van der Waals surface area contributed by atoms with E-state index in [9.17, 15) is 13.2 Å². The molecule has 0 saturated heterocycles. The van der Waals surface area contributed by atoms with Gasteiger partial charge in [0.05, 0.1) is 6.10 Å². The molecule has 15 heavy (non-hydrogen) atoms. The van der Waals surface area contributed by atoms with E-state index in [0.29, 0.717) is 12.0 Å². The van der Waals surface area contributed by atoms with E-state index in [-0.39, 0.29) is 16.7 Å². The van der Waals surface area contributed by atoms with E-state index in [1.807, 2.05) is 0 Å². The van der Waals surface area contributed by atoms with Crippen molar-refractivity contribution in [3.63, 3.8) is 0 Å². The van der Waals surface area contributed by atoms with Gasteiger partial charge in [-0.1, -0.05) is 12.1 Å². The Labute approximate surface area is 90.3 Å². The van der Waals surface area contributed by atoms with Gasteiger partial charge in [-0.15, -0.1) is 0 Å². The normalized spacial score (nSPS) is 13.9. The summed E-state index contributed by atoms with van der Waals surface area (Å²) in [7, 11) is 0. The number of hydrogen-bond acceptors (Lipinski definition) is 2. The Morgan fingerprint density at radius 3 is 2.60 bits per heavy atom. The van der Waals surface area contributed by atoms with Crippen LogP contribution in [0.25, 0.3) is 0 Å². The smallest absolute Gasteiger partial charge is 0.393 e. The second kappa shape index (κ2) is 4.90. The summed E-state index contributed by atoms with van der Waals surface area (Å²) in [6.45, 7) is 1.60. The quantitative estimate of drug-likeness (QED) is 0.813. The van der Waals surface area contributed by atoms with Gasteiger partial charge in [-0.05, 0) is 42.8 Å². The van der Waals surface area contributed by atoms with Crippen molar-refractivity contribution in [1.82, 2.24) is 0 Å². The molecule has 1 atom stereocenters. The molecule has 84 valence electrons. The fraction of sp³-hybridized carbons (Fsp3) is 0.400. The van der Waals surface area contributed by atoms with Crippen LogP contribution in [0.3, 0.4) is 0 Å². The fourth-order valence-electron chi connectivity index (χ4n) is 1.21. The zero-order valence-corrected chi connectivity index (χ0v) is 8.90. The molecule has 0 spiro atoms. The lowest BCUT2D eigenvalue weighted by Crippen LogP contribution is -2.04. The molecule has 1 nitrogen and oxygen atoms in total. The van der Waals surface area contributed by atoms with E-state index >= 15 is 0 Å². The number of aliphatic hydroxyl groups is 1. The van der Waals surface area contributed by atoms with Gasteiger partial charge in [-0.25, -0.2) is 0 Å². The summed E-state index contributed by atoms with van der Waals surface area (Å²) in [4.78, 5) is 0.153. The maximum Gasteiger partial charge on any atom is 0.446 e. The Morgan fingerprint density at radius 1 is 1.40 bits per heavy atom. The van der Waals surface area contributed by atoms with Gasteiger partial charge in [0.15, 0.2) is 0 Å². The van der Waals surface area contributed by atoms with Crippen molar-refractivity contribution in [2.75, 3.05) is 0 Å². The molecule has 0 amide bonds. The molecule has 0 saturated carbocycles. The predicted molar refractivity (Wildman–Crippen MR) is 53.7 cm³/mol. The van der Waals surface area contributed by atoms with Crippen molar-refractivity contribution in [2.24, 2.45) is 0 Å². The maximum atomic E-state index is 12.0. The van der Waals surface area contributed by atoms with Crippen molar-refractivity contribution in [3.8, 4) is 0 Å². The molecule has 0 fully saturated rings. The van der Waals surface area contributed by atoms with Gasteiger partial charge in [0.2, 0.25) is 0 Å². The van der Waals surface area contributed by atoms with Gasteiger partial charge in [-0.2, -0.15) is 13.2 Å². The molecule has 0 radical (unpaired) electrons. The highest BCUT2D eigenvalue weighted by molar-refractivity contribution is 8.00. The second-order valence-corrected chi connectivity index (χ2v) is 4.39. The Bertz CT molecular complexity index is 323. The minimum Gasteiger partial charge on any atom is -0.393 e. The van der Waals surface area contributed by atoms with Gasteiger partial charge in [0, 0.05) is 4.90 Å². The summed E-state index contributed by atoms with van der Waals surface area (Å²) in [6, 6.07) is 6.12. The number of rotatable bonds is 3. The van der Waals surface area contributed by atoms with Crippen LogP contribution >= 0.6 is 11.8 Å². The Hall–Kier alpha value is -0.680. The molecule has 0 aromatic heterocycles. The van der Waals surface area contributed by atoms with E-state index in [1.165, 1.54) is 12.1 Å². The van der Waals surface area contributed by atoms with Crippen LogP contribution in [0.2, 0.25) is 0 Å². The third kappa shape index (κ3) is 5.09. The minimum absolute atomic E-state index is 0.140. The molecule has 1 unspecified atom stereocenters. The van der Waals surface area contributed by atoms with E-state index in [1.54, 1.807) is 19.1 Å². The highest BCUT2D eigenvalue weighted by Crippen LogP contribution is 2.36. The lowest BCUT2D eigenvalue weighted by atomic mass is 10.1. The number of halogens is 3. The van der Waals surface area contributed by atoms with Crippen molar-refractivity contribution in [3.05, 3.63) is 29.8 Å². The van der Waals surface area contributed by atoms with Crippen molar-refractivity contribution in [1.29, 1.82) is 0 Å². The molecule has 0 heterocycles. The van der Waals surface area contributed by atoms with Crippen LogP contribution in [0.15, 0.2) is 29.2 Å². The first-order chi connectivity index (χ1) is 6.87. The van der Waals surface area contributed by atoms with Crippen LogP contribution in [-0.2, 0) is 6.42 Å². The summed E-state index contributed by atoms with van der Waals surface area (Å²) in [5.74, 6) is 0. The van der Waals surface area contributed by atoms with Crippen LogP contribution in [0.1, 0.15) is 12.5 Å². The van der Waals surface area contributed by atoms with Crippen LogP contribution in [0.4, 0.5) is 13.2 Å². The topological polar surface area (TPSA) is 20.2 Å². The number of alkyl halides is 3.